The van der Waals surface area contributed by atoms with Gasteiger partial charge < -0.3 is 14.0 Å². The molecule has 2 heterocycles. The smallest absolute Gasteiger partial charge is 0.343 e. The van der Waals surface area contributed by atoms with E-state index in [4.69, 9.17) is 4.74 Å². The molecular formula is C25H23FN2O4. The molecular weight excluding hydrogens is 411 g/mol. The van der Waals surface area contributed by atoms with Crippen molar-refractivity contribution in [3.8, 4) is 5.75 Å². The Kier molecular flexibility index (Phi) is 5.65. The zero-order chi connectivity index (χ0) is 23.0. The van der Waals surface area contributed by atoms with Gasteiger partial charge in [0.2, 0.25) is 0 Å². The third-order valence-corrected chi connectivity index (χ3v) is 5.62. The fourth-order valence-corrected chi connectivity index (χ4v) is 3.94. The first-order chi connectivity index (χ1) is 15.3. The maximum Gasteiger partial charge on any atom is 0.343 e. The molecule has 0 N–H and O–H groups in total. The number of carbonyl (C=O) groups is 1. The molecule has 0 aliphatic rings. The van der Waals surface area contributed by atoms with Crippen molar-refractivity contribution < 1.29 is 18.7 Å². The van der Waals surface area contributed by atoms with Crippen LogP contribution in [0.4, 0.5) is 4.39 Å². The number of nitrogens with zero attached hydrogens (tertiary/aromatic N) is 2. The van der Waals surface area contributed by atoms with Crippen molar-refractivity contribution in [2.45, 2.75) is 20.3 Å². The van der Waals surface area contributed by atoms with E-state index in [9.17, 15) is 14.0 Å². The number of ether oxygens (including phenoxy) is 2. The molecule has 0 radical (unpaired) electrons. The molecule has 2 aromatic heterocycles. The van der Waals surface area contributed by atoms with Crippen LogP contribution in [-0.2, 0) is 23.0 Å². The number of pyridine rings is 2. The van der Waals surface area contributed by atoms with Gasteiger partial charge >= 0.3 is 5.97 Å². The Morgan fingerprint density at radius 3 is 2.66 bits per heavy atom. The highest BCUT2D eigenvalue weighted by Crippen LogP contribution is 2.31. The second-order valence-electron chi connectivity index (χ2n) is 7.81. The van der Waals surface area contributed by atoms with E-state index in [-0.39, 0.29) is 18.0 Å². The first-order valence-electron chi connectivity index (χ1n) is 10.2. The average Bonchev–Trinajstić information content (AvgIpc) is 2.78. The number of hydrogen-bond donors (Lipinski definition) is 0. The number of aryl methyl sites for hydroxylation is 3. The van der Waals surface area contributed by atoms with Gasteiger partial charge in [0.15, 0.2) is 6.61 Å². The second kappa shape index (κ2) is 8.42. The molecule has 32 heavy (non-hydrogen) atoms. The summed E-state index contributed by atoms with van der Waals surface area (Å²) in [4.78, 5) is 29.4. The van der Waals surface area contributed by atoms with Gasteiger partial charge in [-0.1, -0.05) is 6.07 Å². The summed E-state index contributed by atoms with van der Waals surface area (Å²) in [6.45, 7) is 3.55. The predicted octanol–water partition coefficient (Wildman–Crippen LogP) is 3.99. The number of benzene rings is 2. The van der Waals surface area contributed by atoms with Crippen LogP contribution in [0.25, 0.3) is 21.8 Å². The standard InChI is InChI=1S/C25H23FN2O4/c1-14-9-21-24(22(10-14)32-13-23(29)31-4)15(2)19(25(30)28(21)3)12-18-7-5-16-11-17(26)6-8-20(16)27-18/h5-11H,12-13H2,1-4H3. The Morgan fingerprint density at radius 1 is 1.12 bits per heavy atom. The molecule has 0 amide bonds. The molecule has 0 aliphatic heterocycles. The Bertz CT molecular complexity index is 1430. The van der Waals surface area contributed by atoms with E-state index in [1.807, 2.05) is 26.0 Å². The summed E-state index contributed by atoms with van der Waals surface area (Å²) >= 11 is 0. The lowest BCUT2D eigenvalue weighted by atomic mass is 9.98. The number of carbonyl (C=O) groups excluding carboxylic acids is 1. The van der Waals surface area contributed by atoms with Gasteiger partial charge in [0.25, 0.3) is 5.56 Å². The largest absolute Gasteiger partial charge is 0.481 e. The summed E-state index contributed by atoms with van der Waals surface area (Å²) in [6, 6.07) is 11.8. The molecule has 0 aliphatic carbocycles. The van der Waals surface area contributed by atoms with Crippen LogP contribution in [-0.4, -0.2) is 29.2 Å². The van der Waals surface area contributed by atoms with Crippen LogP contribution < -0.4 is 10.3 Å². The van der Waals surface area contributed by atoms with E-state index in [0.717, 1.165) is 22.0 Å². The SMILES string of the molecule is COC(=O)COc1cc(C)cc2c1c(C)c(Cc1ccc3cc(F)ccc3n1)c(=O)n2C. The van der Waals surface area contributed by atoms with Crippen molar-refractivity contribution >= 4 is 27.8 Å². The molecule has 6 nitrogen and oxygen atoms in total. The molecule has 7 heteroatoms. The van der Waals surface area contributed by atoms with Crippen LogP contribution in [0.5, 0.6) is 5.75 Å². The lowest BCUT2D eigenvalue weighted by Crippen LogP contribution is -2.24. The second-order valence-corrected chi connectivity index (χ2v) is 7.81. The van der Waals surface area contributed by atoms with Crippen LogP contribution in [0.1, 0.15) is 22.4 Å². The van der Waals surface area contributed by atoms with E-state index in [1.165, 1.54) is 19.2 Å². The van der Waals surface area contributed by atoms with Crippen molar-refractivity contribution in [2.75, 3.05) is 13.7 Å². The van der Waals surface area contributed by atoms with E-state index >= 15 is 0 Å². The summed E-state index contributed by atoms with van der Waals surface area (Å²) in [6.07, 6.45) is 0.312. The lowest BCUT2D eigenvalue weighted by Gasteiger charge is -2.17. The quantitative estimate of drug-likeness (QED) is 0.445. The minimum Gasteiger partial charge on any atom is -0.481 e. The molecule has 0 unspecified atom stereocenters. The summed E-state index contributed by atoms with van der Waals surface area (Å²) in [7, 11) is 3.02. The molecule has 0 saturated carbocycles. The van der Waals surface area contributed by atoms with Crippen molar-refractivity contribution in [3.63, 3.8) is 0 Å². The van der Waals surface area contributed by atoms with Crippen molar-refractivity contribution in [2.24, 2.45) is 7.05 Å². The molecule has 0 spiro atoms. The van der Waals surface area contributed by atoms with Crippen molar-refractivity contribution in [1.29, 1.82) is 0 Å². The van der Waals surface area contributed by atoms with Gasteiger partial charge in [-0.05, 0) is 61.4 Å². The van der Waals surface area contributed by atoms with Gasteiger partial charge in [0, 0.05) is 35.5 Å². The summed E-state index contributed by atoms with van der Waals surface area (Å²) in [5.74, 6) is -0.290. The summed E-state index contributed by atoms with van der Waals surface area (Å²) < 4.78 is 25.5. The van der Waals surface area contributed by atoms with Gasteiger partial charge in [-0.3, -0.25) is 9.78 Å². The maximum absolute atomic E-state index is 13.5. The van der Waals surface area contributed by atoms with Gasteiger partial charge in [-0.15, -0.1) is 0 Å². The van der Waals surface area contributed by atoms with Crippen LogP contribution in [0.3, 0.4) is 0 Å². The van der Waals surface area contributed by atoms with E-state index < -0.39 is 5.97 Å². The zero-order valence-corrected chi connectivity index (χ0v) is 18.4. The van der Waals surface area contributed by atoms with E-state index in [0.29, 0.717) is 34.3 Å². The average molecular weight is 434 g/mol. The Morgan fingerprint density at radius 2 is 1.91 bits per heavy atom. The Hall–Kier alpha value is -3.74. The van der Waals surface area contributed by atoms with Crippen LogP contribution >= 0.6 is 0 Å². The number of aromatic nitrogens is 2. The molecule has 4 rings (SSSR count). The van der Waals surface area contributed by atoms with Gasteiger partial charge in [0.1, 0.15) is 11.6 Å². The fraction of sp³-hybridized carbons (Fsp3) is 0.240. The van der Waals surface area contributed by atoms with Crippen LogP contribution in [0.15, 0.2) is 47.3 Å². The summed E-state index contributed by atoms with van der Waals surface area (Å²) in [5, 5.41) is 1.46. The highest BCUT2D eigenvalue weighted by atomic mass is 19.1. The lowest BCUT2D eigenvalue weighted by molar-refractivity contribution is -0.142. The van der Waals surface area contributed by atoms with Crippen molar-refractivity contribution in [1.82, 2.24) is 9.55 Å². The maximum atomic E-state index is 13.5. The number of fused-ring (bicyclic) bond motifs is 2. The number of hydrogen-bond acceptors (Lipinski definition) is 5. The number of rotatable bonds is 5. The predicted molar refractivity (Wildman–Crippen MR) is 121 cm³/mol. The van der Waals surface area contributed by atoms with Gasteiger partial charge in [-0.2, -0.15) is 0 Å². The number of halogens is 1. The fourth-order valence-electron chi connectivity index (χ4n) is 3.94. The molecule has 164 valence electrons. The van der Waals surface area contributed by atoms with E-state index in [2.05, 4.69) is 9.72 Å². The first-order valence-corrected chi connectivity index (χ1v) is 10.2. The molecule has 0 fully saturated rings. The van der Waals surface area contributed by atoms with Gasteiger partial charge in [-0.25, -0.2) is 9.18 Å². The minimum absolute atomic E-state index is 0.125. The minimum atomic E-state index is -0.487. The van der Waals surface area contributed by atoms with Gasteiger partial charge in [0.05, 0.1) is 18.1 Å². The number of methoxy groups -OCH3 is 1. The highest BCUT2D eigenvalue weighted by Gasteiger charge is 2.18. The Balaban J connectivity index is 1.84. The molecule has 2 aromatic carbocycles. The molecule has 0 atom stereocenters. The zero-order valence-electron chi connectivity index (χ0n) is 18.4. The highest BCUT2D eigenvalue weighted by molar-refractivity contribution is 5.90. The number of esters is 1. The molecule has 0 bridgehead atoms. The first kappa shape index (κ1) is 21.5. The third kappa shape index (κ3) is 3.93. The van der Waals surface area contributed by atoms with E-state index in [1.54, 1.807) is 29.8 Å². The van der Waals surface area contributed by atoms with Crippen LogP contribution in [0.2, 0.25) is 0 Å². The Labute approximate surface area is 184 Å². The monoisotopic (exact) mass is 434 g/mol. The third-order valence-electron chi connectivity index (χ3n) is 5.62. The molecule has 0 saturated heterocycles. The summed E-state index contributed by atoms with van der Waals surface area (Å²) in [5.41, 5.74) is 4.22. The normalized spacial score (nSPS) is 11.2. The van der Waals surface area contributed by atoms with Crippen LogP contribution in [0, 0.1) is 19.7 Å². The molecule has 4 aromatic rings. The van der Waals surface area contributed by atoms with Crippen molar-refractivity contribution in [3.05, 3.63) is 81.0 Å². The topological polar surface area (TPSA) is 70.4 Å².